The molecule has 0 N–H and O–H groups in total. The van der Waals surface area contributed by atoms with Crippen LogP contribution in [0.15, 0.2) is 0 Å². The Balaban J connectivity index is 1.94. The fourth-order valence-electron chi connectivity index (χ4n) is 3.96. The van der Waals surface area contributed by atoms with Gasteiger partial charge in [0.1, 0.15) is 5.78 Å². The summed E-state index contributed by atoms with van der Waals surface area (Å²) in [7, 11) is 2.22. The van der Waals surface area contributed by atoms with Crippen LogP contribution in [0.2, 0.25) is 0 Å². The zero-order valence-electron chi connectivity index (χ0n) is 8.20. The second-order valence-electron chi connectivity index (χ2n) is 5.01. The predicted molar refractivity (Wildman–Crippen MR) is 50.4 cm³/mol. The molecule has 3 aliphatic rings. The van der Waals surface area contributed by atoms with Gasteiger partial charge < -0.3 is 0 Å². The summed E-state index contributed by atoms with van der Waals surface area (Å²) in [5.41, 5.74) is 0. The van der Waals surface area contributed by atoms with E-state index in [-0.39, 0.29) is 0 Å². The molecular formula is C11H17NO. The molecule has 0 radical (unpaired) electrons. The average Bonchev–Trinajstić information content (AvgIpc) is 2.60. The van der Waals surface area contributed by atoms with Crippen molar-refractivity contribution in [2.24, 2.45) is 11.8 Å². The lowest BCUT2D eigenvalue weighted by Gasteiger charge is -2.32. The standard InChI is InChI=1S/C11H17NO/c1-12-10-5-7(13)6-11(12)9-4-2-3-8(9)10/h8-11H,2-6H2,1H3. The fourth-order valence-corrected chi connectivity index (χ4v) is 3.96. The molecule has 2 heterocycles. The largest absolute Gasteiger partial charge is 0.300 e. The highest BCUT2D eigenvalue weighted by atomic mass is 16.1. The van der Waals surface area contributed by atoms with Crippen LogP contribution >= 0.6 is 0 Å². The van der Waals surface area contributed by atoms with Crippen molar-refractivity contribution < 1.29 is 4.79 Å². The van der Waals surface area contributed by atoms with E-state index in [0.29, 0.717) is 17.9 Å². The maximum Gasteiger partial charge on any atom is 0.136 e. The summed E-state index contributed by atoms with van der Waals surface area (Å²) in [6.07, 6.45) is 5.85. The van der Waals surface area contributed by atoms with Gasteiger partial charge in [0.2, 0.25) is 0 Å². The number of hydrogen-bond donors (Lipinski definition) is 0. The predicted octanol–water partition coefficient (Wildman–Crippen LogP) is 1.45. The van der Waals surface area contributed by atoms with Crippen LogP contribution in [0.1, 0.15) is 32.1 Å². The number of ketones is 1. The number of rotatable bonds is 0. The molecule has 13 heavy (non-hydrogen) atoms. The van der Waals surface area contributed by atoms with Gasteiger partial charge in [0.25, 0.3) is 0 Å². The highest BCUT2D eigenvalue weighted by Gasteiger charge is 2.52. The zero-order chi connectivity index (χ0) is 9.00. The molecule has 4 unspecified atom stereocenters. The molecular weight excluding hydrogens is 162 g/mol. The third kappa shape index (κ3) is 0.954. The van der Waals surface area contributed by atoms with E-state index in [1.165, 1.54) is 19.3 Å². The Bertz CT molecular complexity index is 228. The summed E-state index contributed by atoms with van der Waals surface area (Å²) in [5.74, 6) is 2.24. The Labute approximate surface area is 79.3 Å². The summed E-state index contributed by atoms with van der Waals surface area (Å²) >= 11 is 0. The molecule has 0 aromatic carbocycles. The SMILES string of the molecule is CN1C2CC(=O)CC1C1CCCC12. The second kappa shape index (κ2) is 2.57. The molecule has 72 valence electrons. The summed E-state index contributed by atoms with van der Waals surface area (Å²) < 4.78 is 0. The highest BCUT2D eigenvalue weighted by Crippen LogP contribution is 2.49. The Kier molecular flexibility index (Phi) is 1.58. The van der Waals surface area contributed by atoms with E-state index in [0.717, 1.165) is 24.7 Å². The number of nitrogens with zero attached hydrogens (tertiary/aromatic N) is 1. The number of carbonyl (C=O) groups excluding carboxylic acids is 1. The maximum absolute atomic E-state index is 11.5. The van der Waals surface area contributed by atoms with Crippen molar-refractivity contribution in [1.29, 1.82) is 0 Å². The van der Waals surface area contributed by atoms with Gasteiger partial charge in [-0.1, -0.05) is 6.42 Å². The van der Waals surface area contributed by atoms with E-state index in [1.54, 1.807) is 0 Å². The van der Waals surface area contributed by atoms with Crippen LogP contribution in [0.3, 0.4) is 0 Å². The van der Waals surface area contributed by atoms with Crippen LogP contribution in [0.4, 0.5) is 0 Å². The van der Waals surface area contributed by atoms with E-state index in [4.69, 9.17) is 0 Å². The van der Waals surface area contributed by atoms with Crippen LogP contribution in [0.25, 0.3) is 0 Å². The van der Waals surface area contributed by atoms with Gasteiger partial charge in [-0.25, -0.2) is 0 Å². The maximum atomic E-state index is 11.5. The average molecular weight is 179 g/mol. The van der Waals surface area contributed by atoms with Crippen molar-refractivity contribution in [3.63, 3.8) is 0 Å². The summed E-state index contributed by atoms with van der Waals surface area (Å²) in [5, 5.41) is 0. The zero-order valence-corrected chi connectivity index (χ0v) is 8.20. The number of carbonyl (C=O) groups is 1. The first-order valence-electron chi connectivity index (χ1n) is 5.51. The molecule has 2 saturated heterocycles. The minimum Gasteiger partial charge on any atom is -0.300 e. The summed E-state index contributed by atoms with van der Waals surface area (Å²) in [6.45, 7) is 0. The molecule has 1 saturated carbocycles. The van der Waals surface area contributed by atoms with Gasteiger partial charge in [-0.05, 0) is 31.7 Å². The Morgan fingerprint density at radius 2 is 1.69 bits per heavy atom. The molecule has 0 spiro atoms. The lowest BCUT2D eigenvalue weighted by Crippen LogP contribution is -2.42. The van der Waals surface area contributed by atoms with Crippen molar-refractivity contribution in [1.82, 2.24) is 4.90 Å². The molecule has 2 heteroatoms. The Morgan fingerprint density at radius 3 is 2.23 bits per heavy atom. The lowest BCUT2D eigenvalue weighted by molar-refractivity contribution is -0.123. The molecule has 2 nitrogen and oxygen atoms in total. The number of fused-ring (bicyclic) bond motifs is 5. The molecule has 3 rings (SSSR count). The van der Waals surface area contributed by atoms with Crippen molar-refractivity contribution in [3.8, 4) is 0 Å². The van der Waals surface area contributed by atoms with Crippen LogP contribution in [0.5, 0.6) is 0 Å². The van der Waals surface area contributed by atoms with E-state index in [1.807, 2.05) is 0 Å². The van der Waals surface area contributed by atoms with Crippen LogP contribution in [0, 0.1) is 11.8 Å². The van der Waals surface area contributed by atoms with E-state index >= 15 is 0 Å². The molecule has 4 atom stereocenters. The molecule has 0 amide bonds. The molecule has 1 aliphatic carbocycles. The highest BCUT2D eigenvalue weighted by molar-refractivity contribution is 5.81. The third-order valence-corrected chi connectivity index (χ3v) is 4.53. The number of Topliss-reactive ketones (excluding diaryl/α,β-unsaturated/α-hetero) is 1. The minimum atomic E-state index is 0.516. The summed E-state index contributed by atoms with van der Waals surface area (Å²) in [4.78, 5) is 14.0. The Hall–Kier alpha value is -0.370. The van der Waals surface area contributed by atoms with E-state index in [9.17, 15) is 4.79 Å². The second-order valence-corrected chi connectivity index (χ2v) is 5.01. The van der Waals surface area contributed by atoms with Crippen molar-refractivity contribution in [3.05, 3.63) is 0 Å². The monoisotopic (exact) mass is 179 g/mol. The van der Waals surface area contributed by atoms with Gasteiger partial charge in [0, 0.05) is 24.9 Å². The third-order valence-electron chi connectivity index (χ3n) is 4.53. The van der Waals surface area contributed by atoms with Crippen LogP contribution in [-0.2, 0) is 4.79 Å². The molecule has 3 fully saturated rings. The quantitative estimate of drug-likeness (QED) is 0.561. The summed E-state index contributed by atoms with van der Waals surface area (Å²) in [6, 6.07) is 1.22. The van der Waals surface area contributed by atoms with Crippen LogP contribution < -0.4 is 0 Å². The van der Waals surface area contributed by atoms with Crippen molar-refractivity contribution in [2.75, 3.05) is 7.05 Å². The Morgan fingerprint density at radius 1 is 1.15 bits per heavy atom. The van der Waals surface area contributed by atoms with Gasteiger partial charge >= 0.3 is 0 Å². The molecule has 0 aromatic heterocycles. The van der Waals surface area contributed by atoms with E-state index < -0.39 is 0 Å². The number of piperidine rings is 1. The fraction of sp³-hybridized carbons (Fsp3) is 0.909. The molecule has 2 bridgehead atoms. The first-order chi connectivity index (χ1) is 6.27. The lowest BCUT2D eigenvalue weighted by atomic mass is 9.92. The van der Waals surface area contributed by atoms with E-state index in [2.05, 4.69) is 11.9 Å². The van der Waals surface area contributed by atoms with Crippen molar-refractivity contribution >= 4 is 5.78 Å². The molecule has 2 aliphatic heterocycles. The van der Waals surface area contributed by atoms with Gasteiger partial charge in [0.15, 0.2) is 0 Å². The number of hydrogen-bond acceptors (Lipinski definition) is 2. The minimum absolute atomic E-state index is 0.516. The van der Waals surface area contributed by atoms with Gasteiger partial charge in [-0.3, -0.25) is 9.69 Å². The van der Waals surface area contributed by atoms with Gasteiger partial charge in [-0.2, -0.15) is 0 Å². The molecule has 0 aromatic rings. The van der Waals surface area contributed by atoms with Gasteiger partial charge in [-0.15, -0.1) is 0 Å². The topological polar surface area (TPSA) is 20.3 Å². The normalized spacial score (nSPS) is 49.8. The van der Waals surface area contributed by atoms with Crippen molar-refractivity contribution in [2.45, 2.75) is 44.2 Å². The first kappa shape index (κ1) is 7.98. The first-order valence-corrected chi connectivity index (χ1v) is 5.51. The van der Waals surface area contributed by atoms with Crippen LogP contribution in [-0.4, -0.2) is 29.8 Å². The smallest absolute Gasteiger partial charge is 0.136 e. The van der Waals surface area contributed by atoms with Gasteiger partial charge in [0.05, 0.1) is 0 Å².